The second kappa shape index (κ2) is 4.98. The Morgan fingerprint density at radius 3 is 2.80 bits per heavy atom. The Morgan fingerprint density at radius 2 is 1.95 bits per heavy atom. The summed E-state index contributed by atoms with van der Waals surface area (Å²) in [6.07, 6.45) is 3.40. The molecular weight excluding hydrogens is 277 g/mol. The highest BCUT2D eigenvalue weighted by molar-refractivity contribution is 6.30. The average Bonchev–Trinajstić information content (AvgIpc) is 2.46. The molecule has 0 bridgehead atoms. The summed E-state index contributed by atoms with van der Waals surface area (Å²) >= 11 is 5.87. The minimum Gasteiger partial charge on any atom is -0.397 e. The summed E-state index contributed by atoms with van der Waals surface area (Å²) in [5.41, 5.74) is 7.57. The number of pyridine rings is 1. The van der Waals surface area contributed by atoms with Gasteiger partial charge in [0, 0.05) is 28.2 Å². The molecule has 0 aliphatic carbocycles. The number of nitrogens with two attached hydrogens (primary N) is 1. The molecule has 0 spiro atoms. The van der Waals surface area contributed by atoms with Gasteiger partial charge in [-0.15, -0.1) is 0 Å². The van der Waals surface area contributed by atoms with Crippen LogP contribution in [0.4, 0.5) is 21.5 Å². The lowest BCUT2D eigenvalue weighted by molar-refractivity contribution is 0.632. The Bertz CT molecular complexity index is 789. The Labute approximate surface area is 120 Å². The maximum Gasteiger partial charge on any atom is 0.146 e. The molecule has 0 amide bonds. The molecule has 0 aliphatic rings. The van der Waals surface area contributed by atoms with E-state index < -0.39 is 0 Å². The van der Waals surface area contributed by atoms with Crippen LogP contribution in [-0.2, 0) is 0 Å². The van der Waals surface area contributed by atoms with Crippen LogP contribution in [0.3, 0.4) is 0 Å². The van der Waals surface area contributed by atoms with E-state index in [9.17, 15) is 4.39 Å². The number of anilines is 3. The van der Waals surface area contributed by atoms with E-state index in [-0.39, 0.29) is 11.5 Å². The van der Waals surface area contributed by atoms with Gasteiger partial charge in [0.25, 0.3) is 0 Å². The first-order valence-electron chi connectivity index (χ1n) is 5.99. The summed E-state index contributed by atoms with van der Waals surface area (Å²) in [6.45, 7) is 0. The summed E-state index contributed by atoms with van der Waals surface area (Å²) in [5.74, 6) is -0.386. The van der Waals surface area contributed by atoms with Gasteiger partial charge in [-0.3, -0.25) is 4.98 Å². The molecule has 0 aliphatic heterocycles. The van der Waals surface area contributed by atoms with Crippen LogP contribution in [0.15, 0.2) is 48.8 Å². The van der Waals surface area contributed by atoms with Crippen molar-refractivity contribution in [2.45, 2.75) is 0 Å². The number of hydrogen-bond acceptors (Lipinski definition) is 3. The first-order chi connectivity index (χ1) is 9.65. The molecule has 5 heteroatoms. The zero-order valence-corrected chi connectivity index (χ0v) is 11.2. The first kappa shape index (κ1) is 12.7. The third-order valence-electron chi connectivity index (χ3n) is 3.06. The van der Waals surface area contributed by atoms with E-state index >= 15 is 0 Å². The molecule has 2 aromatic carbocycles. The fourth-order valence-electron chi connectivity index (χ4n) is 2.04. The molecule has 0 fully saturated rings. The van der Waals surface area contributed by atoms with Crippen molar-refractivity contribution in [1.82, 2.24) is 4.98 Å². The van der Waals surface area contributed by atoms with Crippen LogP contribution < -0.4 is 11.1 Å². The molecule has 0 saturated carbocycles. The standard InChI is InChI=1S/C15H11ClFN3/c16-10-2-3-12(17)14(7-10)20-13-4-1-9-8-19-6-5-11(9)15(13)18/h1-8,20H,18H2. The van der Waals surface area contributed by atoms with Crippen molar-refractivity contribution in [2.24, 2.45) is 0 Å². The summed E-state index contributed by atoms with van der Waals surface area (Å²) in [5, 5.41) is 5.23. The smallest absolute Gasteiger partial charge is 0.146 e. The normalized spacial score (nSPS) is 10.7. The highest BCUT2D eigenvalue weighted by Crippen LogP contribution is 2.31. The van der Waals surface area contributed by atoms with E-state index in [1.54, 1.807) is 18.5 Å². The van der Waals surface area contributed by atoms with Crippen molar-refractivity contribution in [3.05, 3.63) is 59.6 Å². The Kier molecular flexibility index (Phi) is 3.16. The van der Waals surface area contributed by atoms with Gasteiger partial charge in [0.05, 0.1) is 17.1 Å². The summed E-state index contributed by atoms with van der Waals surface area (Å²) in [6, 6.07) is 9.82. The number of rotatable bonds is 2. The van der Waals surface area contributed by atoms with Crippen molar-refractivity contribution in [3.8, 4) is 0 Å². The second-order valence-electron chi connectivity index (χ2n) is 4.37. The number of hydrogen-bond donors (Lipinski definition) is 2. The fourth-order valence-corrected chi connectivity index (χ4v) is 2.21. The van der Waals surface area contributed by atoms with Crippen molar-refractivity contribution in [3.63, 3.8) is 0 Å². The lowest BCUT2D eigenvalue weighted by atomic mass is 10.1. The van der Waals surface area contributed by atoms with E-state index in [2.05, 4.69) is 10.3 Å². The third-order valence-corrected chi connectivity index (χ3v) is 3.29. The molecule has 1 aromatic heterocycles. The molecule has 0 radical (unpaired) electrons. The van der Waals surface area contributed by atoms with Crippen LogP contribution in [0.1, 0.15) is 0 Å². The maximum atomic E-state index is 13.7. The summed E-state index contributed by atoms with van der Waals surface area (Å²) < 4.78 is 13.7. The van der Waals surface area contributed by atoms with Gasteiger partial charge in [0.1, 0.15) is 5.82 Å². The van der Waals surface area contributed by atoms with Crippen molar-refractivity contribution in [2.75, 3.05) is 11.1 Å². The van der Waals surface area contributed by atoms with Gasteiger partial charge in [-0.25, -0.2) is 4.39 Å². The second-order valence-corrected chi connectivity index (χ2v) is 4.81. The quantitative estimate of drug-likeness (QED) is 0.689. The molecule has 3 aromatic rings. The Morgan fingerprint density at radius 1 is 1.10 bits per heavy atom. The number of fused-ring (bicyclic) bond motifs is 1. The van der Waals surface area contributed by atoms with Crippen LogP contribution >= 0.6 is 11.6 Å². The predicted octanol–water partition coefficient (Wildman–Crippen LogP) is 4.35. The number of benzene rings is 2. The average molecular weight is 288 g/mol. The number of nitrogens with zero attached hydrogens (tertiary/aromatic N) is 1. The molecule has 0 unspecified atom stereocenters. The van der Waals surface area contributed by atoms with Gasteiger partial charge in [0.2, 0.25) is 0 Å². The molecule has 0 saturated heterocycles. The van der Waals surface area contributed by atoms with Gasteiger partial charge in [-0.2, -0.15) is 0 Å². The molecule has 1 heterocycles. The minimum absolute atomic E-state index is 0.289. The van der Waals surface area contributed by atoms with Crippen LogP contribution in [0.5, 0.6) is 0 Å². The van der Waals surface area contributed by atoms with Gasteiger partial charge in [-0.05, 0) is 30.3 Å². The van der Waals surface area contributed by atoms with Crippen LogP contribution in [0.25, 0.3) is 10.8 Å². The molecule has 20 heavy (non-hydrogen) atoms. The summed E-state index contributed by atoms with van der Waals surface area (Å²) in [7, 11) is 0. The van der Waals surface area contributed by atoms with E-state index in [1.807, 2.05) is 12.1 Å². The monoisotopic (exact) mass is 287 g/mol. The highest BCUT2D eigenvalue weighted by Gasteiger charge is 2.08. The van der Waals surface area contributed by atoms with Crippen LogP contribution in [-0.4, -0.2) is 4.98 Å². The van der Waals surface area contributed by atoms with Gasteiger partial charge >= 0.3 is 0 Å². The lowest BCUT2D eigenvalue weighted by Crippen LogP contribution is -1.99. The number of nitrogen functional groups attached to an aromatic ring is 1. The Balaban J connectivity index is 2.07. The fraction of sp³-hybridized carbons (Fsp3) is 0. The van der Waals surface area contributed by atoms with E-state index in [0.717, 1.165) is 10.8 Å². The highest BCUT2D eigenvalue weighted by atomic mass is 35.5. The van der Waals surface area contributed by atoms with Crippen molar-refractivity contribution < 1.29 is 4.39 Å². The van der Waals surface area contributed by atoms with Gasteiger partial charge in [-0.1, -0.05) is 17.7 Å². The molecule has 100 valence electrons. The molecule has 3 nitrogen and oxygen atoms in total. The molecular formula is C15H11ClFN3. The van der Waals surface area contributed by atoms with Gasteiger partial charge < -0.3 is 11.1 Å². The number of nitrogens with one attached hydrogen (secondary N) is 1. The maximum absolute atomic E-state index is 13.7. The zero-order chi connectivity index (χ0) is 14.1. The number of halogens is 2. The lowest BCUT2D eigenvalue weighted by Gasteiger charge is -2.12. The summed E-state index contributed by atoms with van der Waals surface area (Å²) in [4.78, 5) is 4.04. The van der Waals surface area contributed by atoms with E-state index in [0.29, 0.717) is 16.4 Å². The largest absolute Gasteiger partial charge is 0.397 e. The van der Waals surface area contributed by atoms with Crippen LogP contribution in [0, 0.1) is 5.82 Å². The van der Waals surface area contributed by atoms with Crippen molar-refractivity contribution in [1.29, 1.82) is 0 Å². The zero-order valence-electron chi connectivity index (χ0n) is 10.4. The third kappa shape index (κ3) is 2.26. The van der Waals surface area contributed by atoms with Crippen LogP contribution in [0.2, 0.25) is 5.02 Å². The van der Waals surface area contributed by atoms with E-state index in [1.165, 1.54) is 18.2 Å². The first-order valence-corrected chi connectivity index (χ1v) is 6.37. The predicted molar refractivity (Wildman–Crippen MR) is 80.8 cm³/mol. The topological polar surface area (TPSA) is 50.9 Å². The number of aromatic nitrogens is 1. The minimum atomic E-state index is -0.386. The Hall–Kier alpha value is -2.33. The van der Waals surface area contributed by atoms with Gasteiger partial charge in [0.15, 0.2) is 0 Å². The van der Waals surface area contributed by atoms with Crippen molar-refractivity contribution >= 4 is 39.4 Å². The SMILES string of the molecule is Nc1c(Nc2cc(Cl)ccc2F)ccc2cnccc12. The molecule has 3 rings (SSSR count). The molecule has 0 atom stereocenters. The van der Waals surface area contributed by atoms with E-state index in [4.69, 9.17) is 17.3 Å². The molecule has 3 N–H and O–H groups in total.